The molecule has 0 unspecified atom stereocenters. The molecule has 2 aromatic carbocycles. The molecule has 1 saturated heterocycles. The normalized spacial score (nSPS) is 15.0. The van der Waals surface area contributed by atoms with Crippen LogP contribution >= 0.6 is 15.9 Å². The third kappa shape index (κ3) is 4.69. The molecule has 3 rings (SSSR count). The van der Waals surface area contributed by atoms with Gasteiger partial charge in [0.15, 0.2) is 0 Å². The van der Waals surface area contributed by atoms with Gasteiger partial charge in [0, 0.05) is 41.3 Å². The van der Waals surface area contributed by atoms with Crippen LogP contribution in [-0.2, 0) is 11.3 Å². The number of amides is 1. The van der Waals surface area contributed by atoms with Crippen LogP contribution in [0.25, 0.3) is 0 Å². The Morgan fingerprint density at radius 1 is 1.08 bits per heavy atom. The Bertz CT molecular complexity index is 720. The molecule has 1 N–H and O–H groups in total. The molecule has 2 aromatic rings. The minimum atomic E-state index is 0.0703. The predicted molar refractivity (Wildman–Crippen MR) is 103 cm³/mol. The van der Waals surface area contributed by atoms with E-state index in [1.807, 2.05) is 48.5 Å². The molecule has 130 valence electrons. The van der Waals surface area contributed by atoms with Crippen LogP contribution in [0.3, 0.4) is 0 Å². The molecule has 25 heavy (non-hydrogen) atoms. The first-order valence-electron chi connectivity index (χ1n) is 8.48. The molecule has 0 bridgehead atoms. The molecule has 1 aliphatic heterocycles. The lowest BCUT2D eigenvalue weighted by molar-refractivity contribution is -0.125. The molecule has 1 aliphatic rings. The van der Waals surface area contributed by atoms with E-state index in [1.54, 1.807) is 0 Å². The summed E-state index contributed by atoms with van der Waals surface area (Å²) < 4.78 is 1.04. The quantitative estimate of drug-likeness (QED) is 0.776. The van der Waals surface area contributed by atoms with Gasteiger partial charge >= 0.3 is 0 Å². The second-order valence-corrected chi connectivity index (χ2v) is 7.23. The summed E-state index contributed by atoms with van der Waals surface area (Å²) in [7, 11) is 0. The Morgan fingerprint density at radius 3 is 2.32 bits per heavy atom. The van der Waals surface area contributed by atoms with E-state index in [-0.39, 0.29) is 11.8 Å². The molecule has 1 amide bonds. The van der Waals surface area contributed by atoms with E-state index in [0.717, 1.165) is 47.9 Å². The summed E-state index contributed by atoms with van der Waals surface area (Å²) >= 11 is 3.41. The SMILES string of the molecule is O=Cc1ccc(N2CCC(C(=O)NCc3ccc(Br)cc3)CC2)cc1. The zero-order valence-corrected chi connectivity index (χ0v) is 15.5. The number of benzene rings is 2. The van der Waals surface area contributed by atoms with Crippen LogP contribution in [0.2, 0.25) is 0 Å². The molecule has 1 fully saturated rings. The van der Waals surface area contributed by atoms with Gasteiger partial charge in [-0.05, 0) is 54.8 Å². The van der Waals surface area contributed by atoms with Crippen LogP contribution < -0.4 is 10.2 Å². The van der Waals surface area contributed by atoms with Crippen LogP contribution in [0.15, 0.2) is 53.0 Å². The lowest BCUT2D eigenvalue weighted by atomic mass is 9.95. The van der Waals surface area contributed by atoms with Gasteiger partial charge in [0.2, 0.25) is 5.91 Å². The lowest BCUT2D eigenvalue weighted by Crippen LogP contribution is -2.40. The Balaban J connectivity index is 1.48. The average Bonchev–Trinajstić information content (AvgIpc) is 2.67. The van der Waals surface area contributed by atoms with E-state index in [1.165, 1.54) is 0 Å². The van der Waals surface area contributed by atoms with E-state index in [9.17, 15) is 9.59 Å². The summed E-state index contributed by atoms with van der Waals surface area (Å²) in [5.41, 5.74) is 2.90. The fourth-order valence-corrected chi connectivity index (χ4v) is 3.36. The van der Waals surface area contributed by atoms with Gasteiger partial charge in [-0.2, -0.15) is 0 Å². The molecule has 0 radical (unpaired) electrons. The first-order valence-corrected chi connectivity index (χ1v) is 9.27. The maximum Gasteiger partial charge on any atom is 0.223 e. The number of aldehydes is 1. The molecular weight excluding hydrogens is 380 g/mol. The van der Waals surface area contributed by atoms with Gasteiger partial charge in [0.1, 0.15) is 6.29 Å². The van der Waals surface area contributed by atoms with Gasteiger partial charge in [-0.25, -0.2) is 0 Å². The average molecular weight is 401 g/mol. The van der Waals surface area contributed by atoms with Crippen LogP contribution in [0, 0.1) is 5.92 Å². The largest absolute Gasteiger partial charge is 0.371 e. The fraction of sp³-hybridized carbons (Fsp3) is 0.300. The van der Waals surface area contributed by atoms with E-state index in [2.05, 4.69) is 26.1 Å². The lowest BCUT2D eigenvalue weighted by Gasteiger charge is -2.33. The highest BCUT2D eigenvalue weighted by molar-refractivity contribution is 9.10. The fourth-order valence-electron chi connectivity index (χ4n) is 3.10. The smallest absolute Gasteiger partial charge is 0.223 e. The number of nitrogens with zero attached hydrogens (tertiary/aromatic N) is 1. The molecule has 0 aromatic heterocycles. The number of carbonyl (C=O) groups is 2. The molecule has 0 saturated carbocycles. The summed E-state index contributed by atoms with van der Waals surface area (Å²) in [6, 6.07) is 15.6. The number of carbonyl (C=O) groups excluding carboxylic acids is 2. The first-order chi connectivity index (χ1) is 12.2. The summed E-state index contributed by atoms with van der Waals surface area (Å²) in [4.78, 5) is 25.4. The van der Waals surface area contributed by atoms with Gasteiger partial charge in [-0.3, -0.25) is 9.59 Å². The van der Waals surface area contributed by atoms with Gasteiger partial charge in [0.05, 0.1) is 0 Å². The second kappa shape index (κ2) is 8.30. The number of piperidine rings is 1. The van der Waals surface area contributed by atoms with E-state index >= 15 is 0 Å². The van der Waals surface area contributed by atoms with Gasteiger partial charge in [-0.15, -0.1) is 0 Å². The number of halogens is 1. The maximum absolute atomic E-state index is 12.4. The minimum absolute atomic E-state index is 0.0703. The Labute approximate surface area is 156 Å². The zero-order valence-electron chi connectivity index (χ0n) is 14.0. The number of hydrogen-bond donors (Lipinski definition) is 1. The molecule has 5 heteroatoms. The van der Waals surface area contributed by atoms with Crippen molar-refractivity contribution in [3.63, 3.8) is 0 Å². The number of rotatable bonds is 5. The van der Waals surface area contributed by atoms with Crippen LogP contribution in [0.1, 0.15) is 28.8 Å². The van der Waals surface area contributed by atoms with Crippen molar-refractivity contribution >= 4 is 33.8 Å². The van der Waals surface area contributed by atoms with Gasteiger partial charge in [0.25, 0.3) is 0 Å². The van der Waals surface area contributed by atoms with Crippen molar-refractivity contribution in [1.29, 1.82) is 0 Å². The third-order valence-corrected chi connectivity index (χ3v) is 5.17. The standard InChI is InChI=1S/C20H21BrN2O2/c21-18-5-1-15(2-6-18)13-22-20(25)17-9-11-23(12-10-17)19-7-3-16(14-24)4-8-19/h1-8,14,17H,9-13H2,(H,22,25). The van der Waals surface area contributed by atoms with E-state index in [0.29, 0.717) is 12.1 Å². The highest BCUT2D eigenvalue weighted by Gasteiger charge is 2.24. The van der Waals surface area contributed by atoms with Gasteiger partial charge in [-0.1, -0.05) is 28.1 Å². The molecule has 0 spiro atoms. The van der Waals surface area contributed by atoms with Crippen molar-refractivity contribution in [3.05, 3.63) is 64.1 Å². The maximum atomic E-state index is 12.4. The van der Waals surface area contributed by atoms with Crippen LogP contribution in [0.4, 0.5) is 5.69 Å². The Hall–Kier alpha value is -2.14. The predicted octanol–water partition coefficient (Wildman–Crippen LogP) is 3.79. The van der Waals surface area contributed by atoms with Crippen molar-refractivity contribution in [2.24, 2.45) is 5.92 Å². The van der Waals surface area contributed by atoms with Gasteiger partial charge < -0.3 is 10.2 Å². The molecule has 0 atom stereocenters. The van der Waals surface area contributed by atoms with Crippen LogP contribution in [0.5, 0.6) is 0 Å². The molecule has 0 aliphatic carbocycles. The topological polar surface area (TPSA) is 49.4 Å². The van der Waals surface area contributed by atoms with Crippen molar-refractivity contribution in [2.75, 3.05) is 18.0 Å². The van der Waals surface area contributed by atoms with E-state index in [4.69, 9.17) is 0 Å². The van der Waals surface area contributed by atoms with Crippen molar-refractivity contribution in [1.82, 2.24) is 5.32 Å². The van der Waals surface area contributed by atoms with Crippen molar-refractivity contribution in [2.45, 2.75) is 19.4 Å². The highest BCUT2D eigenvalue weighted by atomic mass is 79.9. The first kappa shape index (κ1) is 17.7. The Kier molecular flexibility index (Phi) is 5.87. The van der Waals surface area contributed by atoms with Crippen molar-refractivity contribution < 1.29 is 9.59 Å². The highest BCUT2D eigenvalue weighted by Crippen LogP contribution is 2.23. The molecule has 4 nitrogen and oxygen atoms in total. The number of hydrogen-bond acceptors (Lipinski definition) is 3. The monoisotopic (exact) mass is 400 g/mol. The van der Waals surface area contributed by atoms with E-state index < -0.39 is 0 Å². The summed E-state index contributed by atoms with van der Waals surface area (Å²) in [6.07, 6.45) is 2.55. The Morgan fingerprint density at radius 2 is 1.72 bits per heavy atom. The third-order valence-electron chi connectivity index (χ3n) is 4.64. The molecular formula is C20H21BrN2O2. The summed E-state index contributed by atoms with van der Waals surface area (Å²) in [6.45, 7) is 2.28. The molecule has 1 heterocycles. The number of anilines is 1. The van der Waals surface area contributed by atoms with Crippen molar-refractivity contribution in [3.8, 4) is 0 Å². The summed E-state index contributed by atoms with van der Waals surface area (Å²) in [5.74, 6) is 0.208. The second-order valence-electron chi connectivity index (χ2n) is 6.31. The minimum Gasteiger partial charge on any atom is -0.371 e. The summed E-state index contributed by atoms with van der Waals surface area (Å²) in [5, 5.41) is 3.05. The number of nitrogens with one attached hydrogen (secondary N) is 1. The zero-order chi connectivity index (χ0) is 17.6. The van der Waals surface area contributed by atoms with Crippen LogP contribution in [-0.4, -0.2) is 25.3 Å².